The highest BCUT2D eigenvalue weighted by molar-refractivity contribution is 9.10. The molecule has 0 bridgehead atoms. The molecule has 0 aliphatic rings. The lowest BCUT2D eigenvalue weighted by Crippen LogP contribution is -2.19. The summed E-state index contributed by atoms with van der Waals surface area (Å²) < 4.78 is 1.09. The number of hydrogen-bond acceptors (Lipinski definition) is 1. The molecule has 0 heterocycles. The number of nitrogens with one attached hydrogen (secondary N) is 1. The maximum Gasteiger partial charge on any atom is 0.0410 e. The Balaban J connectivity index is 2.30. The maximum absolute atomic E-state index is 6.10. The zero-order chi connectivity index (χ0) is 13.8. The summed E-state index contributed by atoms with van der Waals surface area (Å²) in [5.41, 5.74) is 3.87. The summed E-state index contributed by atoms with van der Waals surface area (Å²) in [6, 6.07) is 14.6. The molecule has 0 saturated heterocycles. The standard InChI is InChI=1S/C16H17BrClN/c1-11-5-3-4-6-12(11)9-16(19-2)14-10-13(18)7-8-15(14)17/h3-8,10,16,19H,9H2,1-2H3. The lowest BCUT2D eigenvalue weighted by Gasteiger charge is -2.19. The van der Waals surface area contributed by atoms with Crippen LogP contribution in [0.25, 0.3) is 0 Å². The van der Waals surface area contributed by atoms with Crippen molar-refractivity contribution in [3.05, 3.63) is 68.7 Å². The van der Waals surface area contributed by atoms with Crippen molar-refractivity contribution in [1.82, 2.24) is 5.32 Å². The molecule has 3 heteroatoms. The van der Waals surface area contributed by atoms with Crippen LogP contribution < -0.4 is 5.32 Å². The highest BCUT2D eigenvalue weighted by Gasteiger charge is 2.14. The summed E-state index contributed by atoms with van der Waals surface area (Å²) in [6.45, 7) is 2.15. The quantitative estimate of drug-likeness (QED) is 0.835. The molecule has 0 radical (unpaired) electrons. The third kappa shape index (κ3) is 3.59. The van der Waals surface area contributed by atoms with Crippen LogP contribution in [0, 0.1) is 6.92 Å². The average Bonchev–Trinajstić information content (AvgIpc) is 2.41. The van der Waals surface area contributed by atoms with E-state index < -0.39 is 0 Å². The van der Waals surface area contributed by atoms with Crippen LogP contribution in [0.2, 0.25) is 5.02 Å². The number of rotatable bonds is 4. The van der Waals surface area contributed by atoms with Gasteiger partial charge in [0.15, 0.2) is 0 Å². The number of benzene rings is 2. The van der Waals surface area contributed by atoms with E-state index in [9.17, 15) is 0 Å². The van der Waals surface area contributed by atoms with Gasteiger partial charge in [0.2, 0.25) is 0 Å². The third-order valence-corrected chi connectivity index (χ3v) is 4.32. The van der Waals surface area contributed by atoms with Gasteiger partial charge in [-0.1, -0.05) is 51.8 Å². The van der Waals surface area contributed by atoms with E-state index in [0.29, 0.717) is 0 Å². The van der Waals surface area contributed by atoms with Gasteiger partial charge in [0.1, 0.15) is 0 Å². The van der Waals surface area contributed by atoms with E-state index in [1.165, 1.54) is 16.7 Å². The fourth-order valence-corrected chi connectivity index (χ4v) is 2.91. The Labute approximate surface area is 128 Å². The summed E-state index contributed by atoms with van der Waals surface area (Å²) in [5, 5.41) is 4.14. The zero-order valence-corrected chi connectivity index (χ0v) is 13.4. The van der Waals surface area contributed by atoms with Gasteiger partial charge in [0.05, 0.1) is 0 Å². The molecule has 0 aliphatic carbocycles. The van der Waals surface area contributed by atoms with Gasteiger partial charge in [-0.05, 0) is 55.3 Å². The van der Waals surface area contributed by atoms with Gasteiger partial charge in [-0.2, -0.15) is 0 Å². The smallest absolute Gasteiger partial charge is 0.0410 e. The topological polar surface area (TPSA) is 12.0 Å². The molecule has 19 heavy (non-hydrogen) atoms. The molecule has 1 unspecified atom stereocenters. The molecule has 2 rings (SSSR count). The minimum atomic E-state index is 0.245. The van der Waals surface area contributed by atoms with Crippen molar-refractivity contribution in [2.45, 2.75) is 19.4 Å². The predicted molar refractivity (Wildman–Crippen MR) is 85.8 cm³/mol. The summed E-state index contributed by atoms with van der Waals surface area (Å²) in [6.07, 6.45) is 0.947. The minimum Gasteiger partial charge on any atom is -0.313 e. The molecular formula is C16H17BrClN. The fourth-order valence-electron chi connectivity index (χ4n) is 2.21. The Hall–Kier alpha value is -0.830. The van der Waals surface area contributed by atoms with Crippen molar-refractivity contribution in [2.24, 2.45) is 0 Å². The highest BCUT2D eigenvalue weighted by Crippen LogP contribution is 2.29. The molecule has 1 N–H and O–H groups in total. The number of halogens is 2. The Morgan fingerprint density at radius 2 is 1.95 bits per heavy atom. The first kappa shape index (κ1) is 14.6. The van der Waals surface area contributed by atoms with Gasteiger partial charge in [-0.15, -0.1) is 0 Å². The van der Waals surface area contributed by atoms with Crippen LogP contribution in [-0.4, -0.2) is 7.05 Å². The van der Waals surface area contributed by atoms with Crippen LogP contribution in [0.4, 0.5) is 0 Å². The minimum absolute atomic E-state index is 0.245. The molecule has 0 amide bonds. The average molecular weight is 339 g/mol. The molecule has 1 atom stereocenters. The lowest BCUT2D eigenvalue weighted by atomic mass is 9.96. The Morgan fingerprint density at radius 3 is 2.63 bits per heavy atom. The Bertz CT molecular complexity index is 568. The lowest BCUT2D eigenvalue weighted by molar-refractivity contribution is 0.588. The molecular weight excluding hydrogens is 322 g/mol. The summed E-state index contributed by atoms with van der Waals surface area (Å²) in [7, 11) is 1.98. The van der Waals surface area contributed by atoms with Crippen LogP contribution >= 0.6 is 27.5 Å². The number of hydrogen-bond donors (Lipinski definition) is 1. The number of likely N-dealkylation sites (N-methyl/N-ethyl adjacent to an activating group) is 1. The fraction of sp³-hybridized carbons (Fsp3) is 0.250. The largest absolute Gasteiger partial charge is 0.313 e. The second kappa shape index (κ2) is 6.56. The SMILES string of the molecule is CNC(Cc1ccccc1C)c1cc(Cl)ccc1Br. The molecule has 1 nitrogen and oxygen atoms in total. The van der Waals surface area contributed by atoms with Gasteiger partial charge in [0, 0.05) is 15.5 Å². The van der Waals surface area contributed by atoms with E-state index in [1.54, 1.807) is 0 Å². The Kier molecular flexibility index (Phi) is 5.03. The first-order chi connectivity index (χ1) is 9.11. The predicted octanol–water partition coefficient (Wildman–Crippen LogP) is 4.91. The second-order valence-electron chi connectivity index (χ2n) is 4.64. The summed E-state index contributed by atoms with van der Waals surface area (Å²) >= 11 is 9.71. The highest BCUT2D eigenvalue weighted by atomic mass is 79.9. The van der Waals surface area contributed by atoms with Gasteiger partial charge in [-0.3, -0.25) is 0 Å². The van der Waals surface area contributed by atoms with Crippen LogP contribution in [0.5, 0.6) is 0 Å². The first-order valence-electron chi connectivity index (χ1n) is 6.28. The monoisotopic (exact) mass is 337 g/mol. The van der Waals surface area contributed by atoms with E-state index in [0.717, 1.165) is 15.9 Å². The van der Waals surface area contributed by atoms with Crippen LogP contribution in [-0.2, 0) is 6.42 Å². The van der Waals surface area contributed by atoms with Crippen LogP contribution in [0.3, 0.4) is 0 Å². The van der Waals surface area contributed by atoms with Gasteiger partial charge < -0.3 is 5.32 Å². The van der Waals surface area contributed by atoms with E-state index in [1.807, 2.05) is 25.2 Å². The molecule has 2 aromatic rings. The summed E-state index contributed by atoms with van der Waals surface area (Å²) in [5.74, 6) is 0. The molecule has 0 aliphatic heterocycles. The van der Waals surface area contributed by atoms with E-state index >= 15 is 0 Å². The zero-order valence-electron chi connectivity index (χ0n) is 11.1. The summed E-state index contributed by atoms with van der Waals surface area (Å²) in [4.78, 5) is 0. The normalized spacial score (nSPS) is 12.4. The van der Waals surface area contributed by atoms with Crippen molar-refractivity contribution in [2.75, 3.05) is 7.05 Å². The van der Waals surface area contributed by atoms with Crippen molar-refractivity contribution < 1.29 is 0 Å². The van der Waals surface area contributed by atoms with E-state index in [-0.39, 0.29) is 6.04 Å². The molecule has 2 aromatic carbocycles. The van der Waals surface area contributed by atoms with Crippen molar-refractivity contribution in [3.8, 4) is 0 Å². The van der Waals surface area contributed by atoms with Gasteiger partial charge in [0.25, 0.3) is 0 Å². The molecule has 0 aromatic heterocycles. The first-order valence-corrected chi connectivity index (χ1v) is 7.45. The second-order valence-corrected chi connectivity index (χ2v) is 5.93. The van der Waals surface area contributed by atoms with Crippen molar-refractivity contribution in [3.63, 3.8) is 0 Å². The van der Waals surface area contributed by atoms with Crippen LogP contribution in [0.15, 0.2) is 46.9 Å². The van der Waals surface area contributed by atoms with Crippen molar-refractivity contribution in [1.29, 1.82) is 0 Å². The van der Waals surface area contributed by atoms with Gasteiger partial charge >= 0.3 is 0 Å². The van der Waals surface area contributed by atoms with E-state index in [2.05, 4.69) is 52.4 Å². The van der Waals surface area contributed by atoms with Crippen LogP contribution in [0.1, 0.15) is 22.7 Å². The molecule has 0 fully saturated rings. The molecule has 100 valence electrons. The van der Waals surface area contributed by atoms with Gasteiger partial charge in [-0.25, -0.2) is 0 Å². The molecule has 0 spiro atoms. The van der Waals surface area contributed by atoms with Crippen molar-refractivity contribution >= 4 is 27.5 Å². The van der Waals surface area contributed by atoms with E-state index in [4.69, 9.17) is 11.6 Å². The maximum atomic E-state index is 6.10. The Morgan fingerprint density at radius 1 is 1.21 bits per heavy atom. The number of aryl methyl sites for hydroxylation is 1. The third-order valence-electron chi connectivity index (χ3n) is 3.37. The molecule has 0 saturated carbocycles.